The van der Waals surface area contributed by atoms with E-state index in [0.717, 1.165) is 12.1 Å². The Balaban J connectivity index is 2.91. The van der Waals surface area contributed by atoms with Crippen molar-refractivity contribution >= 4 is 23.1 Å². The summed E-state index contributed by atoms with van der Waals surface area (Å²) in [4.78, 5) is 14.8. The van der Waals surface area contributed by atoms with Crippen LogP contribution in [-0.2, 0) is 17.7 Å². The number of rotatable bonds is 9. The molecule has 1 rings (SSSR count). The zero-order valence-electron chi connectivity index (χ0n) is 13.0. The van der Waals surface area contributed by atoms with Gasteiger partial charge in [-0.25, -0.2) is 0 Å². The van der Waals surface area contributed by atoms with Crippen molar-refractivity contribution in [2.45, 2.75) is 33.2 Å². The first-order chi connectivity index (χ1) is 10.0. The van der Waals surface area contributed by atoms with E-state index in [1.54, 1.807) is 16.7 Å². The Morgan fingerprint density at radius 1 is 1.48 bits per heavy atom. The van der Waals surface area contributed by atoms with E-state index < -0.39 is 0 Å². The van der Waals surface area contributed by atoms with Crippen LogP contribution in [0.2, 0.25) is 0 Å². The van der Waals surface area contributed by atoms with Crippen molar-refractivity contribution in [2.75, 3.05) is 26.8 Å². The standard InChI is InChI=1S/C14H24N4O2S/c1-4-11-10-12(18(5-2)16-11)14(19)17(8-9-20-3)7-6-13(15)21/h10H,4-9H2,1-3H3,(H2,15,21). The van der Waals surface area contributed by atoms with Crippen LogP contribution in [-0.4, -0.2) is 52.4 Å². The molecule has 118 valence electrons. The first-order valence-corrected chi connectivity index (χ1v) is 7.57. The normalized spacial score (nSPS) is 10.6. The summed E-state index contributed by atoms with van der Waals surface area (Å²) < 4.78 is 6.81. The molecule has 0 aliphatic rings. The van der Waals surface area contributed by atoms with Crippen LogP contribution in [0.25, 0.3) is 0 Å². The molecule has 0 saturated carbocycles. The van der Waals surface area contributed by atoms with Crippen LogP contribution in [0.5, 0.6) is 0 Å². The maximum Gasteiger partial charge on any atom is 0.272 e. The Kier molecular flexibility index (Phi) is 7.31. The van der Waals surface area contributed by atoms with E-state index in [2.05, 4.69) is 5.10 Å². The first kappa shape index (κ1) is 17.6. The fraction of sp³-hybridized carbons (Fsp3) is 0.643. The Morgan fingerprint density at radius 3 is 2.71 bits per heavy atom. The Bertz CT molecular complexity index is 487. The number of aryl methyl sites for hydroxylation is 2. The van der Waals surface area contributed by atoms with Crippen molar-refractivity contribution in [1.29, 1.82) is 0 Å². The molecular weight excluding hydrogens is 288 g/mol. The van der Waals surface area contributed by atoms with Gasteiger partial charge in [0, 0.05) is 33.2 Å². The third-order valence-electron chi connectivity index (χ3n) is 3.19. The Labute approximate surface area is 131 Å². The molecule has 0 aliphatic heterocycles. The molecule has 0 aromatic carbocycles. The van der Waals surface area contributed by atoms with E-state index in [1.165, 1.54) is 0 Å². The number of ether oxygens (including phenoxy) is 1. The Hall–Kier alpha value is -1.47. The molecule has 21 heavy (non-hydrogen) atoms. The maximum absolute atomic E-state index is 12.7. The minimum Gasteiger partial charge on any atom is -0.393 e. The molecule has 0 spiro atoms. The van der Waals surface area contributed by atoms with Crippen molar-refractivity contribution in [3.05, 3.63) is 17.5 Å². The van der Waals surface area contributed by atoms with Crippen molar-refractivity contribution in [3.8, 4) is 0 Å². The van der Waals surface area contributed by atoms with Crippen molar-refractivity contribution in [3.63, 3.8) is 0 Å². The largest absolute Gasteiger partial charge is 0.393 e. The van der Waals surface area contributed by atoms with Gasteiger partial charge in [0.25, 0.3) is 5.91 Å². The van der Waals surface area contributed by atoms with Crippen LogP contribution in [0.15, 0.2) is 6.07 Å². The van der Waals surface area contributed by atoms with E-state index >= 15 is 0 Å². The summed E-state index contributed by atoms with van der Waals surface area (Å²) >= 11 is 4.89. The summed E-state index contributed by atoms with van der Waals surface area (Å²) in [5.41, 5.74) is 7.06. The van der Waals surface area contributed by atoms with Crippen LogP contribution >= 0.6 is 12.2 Å². The summed E-state index contributed by atoms with van der Waals surface area (Å²) in [6, 6.07) is 1.85. The number of aromatic nitrogens is 2. The summed E-state index contributed by atoms with van der Waals surface area (Å²) in [6.07, 6.45) is 1.31. The second-order valence-electron chi connectivity index (χ2n) is 4.69. The number of amides is 1. The average Bonchev–Trinajstić information content (AvgIpc) is 2.89. The van der Waals surface area contributed by atoms with Crippen molar-refractivity contribution in [2.24, 2.45) is 5.73 Å². The monoisotopic (exact) mass is 312 g/mol. The fourth-order valence-corrected chi connectivity index (χ4v) is 2.07. The minimum atomic E-state index is -0.0580. The van der Waals surface area contributed by atoms with Gasteiger partial charge in [-0.3, -0.25) is 9.48 Å². The molecule has 2 N–H and O–H groups in total. The number of carbonyl (C=O) groups excluding carboxylic acids is 1. The summed E-state index contributed by atoms with van der Waals surface area (Å²) in [6.45, 7) is 6.13. The highest BCUT2D eigenvalue weighted by Crippen LogP contribution is 2.10. The highest BCUT2D eigenvalue weighted by Gasteiger charge is 2.20. The molecule has 0 aliphatic carbocycles. The second-order valence-corrected chi connectivity index (χ2v) is 5.22. The SMILES string of the molecule is CCc1cc(C(=O)N(CCOC)CCC(N)=S)n(CC)n1. The van der Waals surface area contributed by atoms with Gasteiger partial charge < -0.3 is 15.4 Å². The van der Waals surface area contributed by atoms with Gasteiger partial charge in [0.05, 0.1) is 17.3 Å². The molecule has 0 radical (unpaired) electrons. The third-order valence-corrected chi connectivity index (χ3v) is 3.40. The molecule has 7 heteroatoms. The van der Waals surface area contributed by atoms with Crippen LogP contribution in [0.1, 0.15) is 36.5 Å². The van der Waals surface area contributed by atoms with Gasteiger partial charge >= 0.3 is 0 Å². The molecule has 1 aromatic heterocycles. The van der Waals surface area contributed by atoms with Gasteiger partial charge in [-0.2, -0.15) is 5.10 Å². The lowest BCUT2D eigenvalue weighted by Gasteiger charge is -2.22. The molecule has 0 fully saturated rings. The third kappa shape index (κ3) is 5.09. The number of hydrogen-bond acceptors (Lipinski definition) is 4. The van der Waals surface area contributed by atoms with Crippen molar-refractivity contribution < 1.29 is 9.53 Å². The minimum absolute atomic E-state index is 0.0580. The first-order valence-electron chi connectivity index (χ1n) is 7.16. The topological polar surface area (TPSA) is 73.4 Å². The lowest BCUT2D eigenvalue weighted by atomic mass is 10.2. The number of methoxy groups -OCH3 is 1. The quantitative estimate of drug-likeness (QED) is 0.694. The molecule has 0 saturated heterocycles. The average molecular weight is 312 g/mol. The zero-order valence-corrected chi connectivity index (χ0v) is 13.8. The smallest absolute Gasteiger partial charge is 0.272 e. The van der Waals surface area contributed by atoms with E-state index in [4.69, 9.17) is 22.7 Å². The Morgan fingerprint density at radius 2 is 2.19 bits per heavy atom. The van der Waals surface area contributed by atoms with E-state index in [-0.39, 0.29) is 5.91 Å². The van der Waals surface area contributed by atoms with Gasteiger partial charge in [0.1, 0.15) is 5.69 Å². The van der Waals surface area contributed by atoms with Crippen LogP contribution in [0.3, 0.4) is 0 Å². The number of nitrogens with zero attached hydrogens (tertiary/aromatic N) is 3. The van der Waals surface area contributed by atoms with Crippen molar-refractivity contribution in [1.82, 2.24) is 14.7 Å². The van der Waals surface area contributed by atoms with E-state index in [9.17, 15) is 4.79 Å². The number of carbonyl (C=O) groups is 1. The van der Waals surface area contributed by atoms with Gasteiger partial charge in [0.2, 0.25) is 0 Å². The highest BCUT2D eigenvalue weighted by atomic mass is 32.1. The van der Waals surface area contributed by atoms with E-state index in [1.807, 2.05) is 19.9 Å². The molecule has 0 unspecified atom stereocenters. The molecule has 6 nitrogen and oxygen atoms in total. The van der Waals surface area contributed by atoms with Crippen LogP contribution in [0, 0.1) is 0 Å². The predicted molar refractivity (Wildman–Crippen MR) is 86.5 cm³/mol. The molecular formula is C14H24N4O2S. The predicted octanol–water partition coefficient (Wildman–Crippen LogP) is 1.23. The summed E-state index contributed by atoms with van der Waals surface area (Å²) in [5.74, 6) is -0.0580. The van der Waals surface area contributed by atoms with Gasteiger partial charge in [-0.15, -0.1) is 0 Å². The second kappa shape index (κ2) is 8.74. The molecule has 0 atom stereocenters. The summed E-state index contributed by atoms with van der Waals surface area (Å²) in [7, 11) is 1.61. The van der Waals surface area contributed by atoms with Crippen LogP contribution in [0.4, 0.5) is 0 Å². The zero-order chi connectivity index (χ0) is 15.8. The molecule has 1 aromatic rings. The summed E-state index contributed by atoms with van der Waals surface area (Å²) in [5, 5.41) is 4.41. The van der Waals surface area contributed by atoms with E-state index in [0.29, 0.717) is 43.3 Å². The van der Waals surface area contributed by atoms with Gasteiger partial charge in [0.15, 0.2) is 0 Å². The number of hydrogen-bond donors (Lipinski definition) is 1. The highest BCUT2D eigenvalue weighted by molar-refractivity contribution is 7.80. The number of thiocarbonyl (C=S) groups is 1. The van der Waals surface area contributed by atoms with Crippen LogP contribution < -0.4 is 5.73 Å². The van der Waals surface area contributed by atoms with Gasteiger partial charge in [-0.05, 0) is 19.4 Å². The number of nitrogens with two attached hydrogens (primary N) is 1. The van der Waals surface area contributed by atoms with Gasteiger partial charge in [-0.1, -0.05) is 19.1 Å². The maximum atomic E-state index is 12.7. The molecule has 1 amide bonds. The molecule has 1 heterocycles. The fourth-order valence-electron chi connectivity index (χ4n) is 1.98. The molecule has 0 bridgehead atoms. The lowest BCUT2D eigenvalue weighted by molar-refractivity contribution is 0.0689. The lowest BCUT2D eigenvalue weighted by Crippen LogP contribution is -2.37.